The number of primary amides is 1. The van der Waals surface area contributed by atoms with Gasteiger partial charge in [-0.25, -0.2) is 4.98 Å². The van der Waals surface area contributed by atoms with Crippen LogP contribution in [0.4, 0.5) is 0 Å². The number of carboxylic acid groups (broad SMARTS) is 1. The van der Waals surface area contributed by atoms with Gasteiger partial charge in [0.25, 0.3) is 0 Å². The van der Waals surface area contributed by atoms with Crippen molar-refractivity contribution in [3.8, 4) is 0 Å². The van der Waals surface area contributed by atoms with Crippen LogP contribution in [0, 0.1) is 5.92 Å². The summed E-state index contributed by atoms with van der Waals surface area (Å²) < 4.78 is 0. The number of likely N-dealkylation sites (tertiary alicyclic amines) is 1. The first-order chi connectivity index (χ1) is 27.3. The highest BCUT2D eigenvalue weighted by atomic mass is 16.4. The van der Waals surface area contributed by atoms with Gasteiger partial charge in [0, 0.05) is 31.4 Å². The van der Waals surface area contributed by atoms with Crippen molar-refractivity contribution >= 4 is 59.2 Å². The van der Waals surface area contributed by atoms with Crippen LogP contribution >= 0.6 is 0 Å². The number of nitrogens with zero attached hydrogens (tertiary/aromatic N) is 3. The summed E-state index contributed by atoms with van der Waals surface area (Å²) >= 11 is 0. The van der Waals surface area contributed by atoms with Crippen LogP contribution in [-0.4, -0.2) is 153 Å². The number of guanidine groups is 1. The number of amides is 8. The lowest BCUT2D eigenvalue weighted by molar-refractivity contribution is -0.141. The number of rotatable bonds is 24. The van der Waals surface area contributed by atoms with Crippen molar-refractivity contribution in [2.45, 2.75) is 88.6 Å². The molecule has 1 aromatic heterocycles. The maximum Gasteiger partial charge on any atom is 0.322 e. The fourth-order valence-electron chi connectivity index (χ4n) is 5.59. The van der Waals surface area contributed by atoms with Gasteiger partial charge in [-0.2, -0.15) is 0 Å². The van der Waals surface area contributed by atoms with Crippen LogP contribution in [0.15, 0.2) is 17.5 Å². The first-order valence-electron chi connectivity index (χ1n) is 18.3. The van der Waals surface area contributed by atoms with Gasteiger partial charge in [0.05, 0.1) is 31.9 Å². The van der Waals surface area contributed by atoms with Gasteiger partial charge in [0.15, 0.2) is 5.96 Å². The zero-order chi connectivity index (χ0) is 43.5. The number of carbonyl (C=O) groups excluding carboxylic acids is 8. The average Bonchev–Trinajstić information content (AvgIpc) is 3.87. The van der Waals surface area contributed by atoms with E-state index in [1.54, 1.807) is 13.8 Å². The number of nitrogens with one attached hydrogen (secondary N) is 7. The molecule has 0 aromatic carbocycles. The molecule has 1 saturated heterocycles. The van der Waals surface area contributed by atoms with Gasteiger partial charge in [0.1, 0.15) is 36.8 Å². The maximum absolute atomic E-state index is 13.7. The molecule has 0 bridgehead atoms. The molecule has 1 aliphatic rings. The summed E-state index contributed by atoms with van der Waals surface area (Å²) in [4.78, 5) is 126. The molecule has 0 spiro atoms. The number of aromatic nitrogens is 2. The highest BCUT2D eigenvalue weighted by Gasteiger charge is 2.39. The van der Waals surface area contributed by atoms with Crippen LogP contribution in [-0.2, 0) is 49.6 Å². The summed E-state index contributed by atoms with van der Waals surface area (Å²) in [7, 11) is 0. The third-order valence-corrected chi connectivity index (χ3v) is 8.75. The Morgan fingerprint density at radius 2 is 1.53 bits per heavy atom. The van der Waals surface area contributed by atoms with Crippen LogP contribution in [0.1, 0.15) is 51.6 Å². The molecule has 0 saturated carbocycles. The van der Waals surface area contributed by atoms with E-state index >= 15 is 0 Å². The molecule has 1 aromatic rings. The lowest BCUT2D eigenvalue weighted by atomic mass is 10.0. The lowest BCUT2D eigenvalue weighted by Gasteiger charge is -2.29. The van der Waals surface area contributed by atoms with Crippen molar-refractivity contribution in [2.24, 2.45) is 33.8 Å². The van der Waals surface area contributed by atoms with Crippen molar-refractivity contribution in [3.05, 3.63) is 18.2 Å². The molecule has 2 rings (SSSR count). The molecule has 2 heterocycles. The minimum Gasteiger partial charge on any atom is -0.480 e. The highest BCUT2D eigenvalue weighted by Crippen LogP contribution is 2.20. The van der Waals surface area contributed by atoms with E-state index in [1.807, 2.05) is 5.32 Å². The van der Waals surface area contributed by atoms with Gasteiger partial charge in [-0.15, -0.1) is 0 Å². The number of H-pyrrole nitrogens is 1. The van der Waals surface area contributed by atoms with Gasteiger partial charge < -0.3 is 74.9 Å². The first-order valence-corrected chi connectivity index (χ1v) is 18.3. The zero-order valence-corrected chi connectivity index (χ0v) is 32.2. The van der Waals surface area contributed by atoms with Gasteiger partial charge in [-0.3, -0.25) is 48.1 Å². The predicted molar refractivity (Wildman–Crippen MR) is 202 cm³/mol. The fraction of sp³-hybridized carbons (Fsp3) is 0.606. The molecule has 1 aliphatic heterocycles. The summed E-state index contributed by atoms with van der Waals surface area (Å²) in [5, 5.41) is 32.7. The van der Waals surface area contributed by atoms with Crippen molar-refractivity contribution in [1.82, 2.24) is 46.8 Å². The standard InChI is InChI=1S/C33H54N14O11/c1-16(2)26(35)32(58)47-8-4-6-22(47)31(57)45-19(9-17-11-38-15-42-17)29(55)46-21(14-48)30(56)43-18(5-3-7-39-33(36)37)28(54)44-20(10-23(34)49)27(53)41-12-24(50)40-13-25(51)52/h11,15-16,18-22,26,48H,3-10,12-14,35H2,1-2H3,(H2,34,49)(H,38,42)(H,40,50)(H,41,53)(H,43,56)(H,44,54)(H,45,57)(H,46,55)(H,51,52)(H4,36,37,39)/t18-,19-,20-,21-,22-,26-/m0/s1. The van der Waals surface area contributed by atoms with Crippen molar-refractivity contribution in [1.29, 1.82) is 0 Å². The van der Waals surface area contributed by atoms with Gasteiger partial charge in [0.2, 0.25) is 47.3 Å². The Morgan fingerprint density at radius 3 is 2.12 bits per heavy atom. The monoisotopic (exact) mass is 822 g/mol. The number of carbonyl (C=O) groups is 9. The van der Waals surface area contributed by atoms with E-state index in [-0.39, 0.29) is 44.2 Å². The predicted octanol–water partition coefficient (Wildman–Crippen LogP) is -6.90. The topological polar surface area (TPSA) is 415 Å². The smallest absolute Gasteiger partial charge is 0.322 e. The normalized spacial score (nSPS) is 16.1. The third kappa shape index (κ3) is 16.0. The number of aliphatic imine (C=N–C) groups is 1. The summed E-state index contributed by atoms with van der Waals surface area (Å²) in [6, 6.07) is -8.01. The van der Waals surface area contributed by atoms with Crippen LogP contribution in [0.2, 0.25) is 0 Å². The molecule has 0 unspecified atom stereocenters. The molecule has 25 nitrogen and oxygen atoms in total. The Morgan fingerprint density at radius 1 is 0.897 bits per heavy atom. The Labute approximate surface area is 332 Å². The number of hydrogen-bond donors (Lipinski definition) is 13. The summed E-state index contributed by atoms with van der Waals surface area (Å²) in [6.45, 7) is 1.36. The van der Waals surface area contributed by atoms with Gasteiger partial charge >= 0.3 is 5.97 Å². The molecule has 0 aliphatic carbocycles. The minimum absolute atomic E-state index is 0.0127. The lowest BCUT2D eigenvalue weighted by Crippen LogP contribution is -2.60. The van der Waals surface area contributed by atoms with Crippen LogP contribution in [0.25, 0.3) is 0 Å². The highest BCUT2D eigenvalue weighted by molar-refractivity contribution is 5.98. The molecule has 6 atom stereocenters. The Balaban J connectivity index is 2.26. The number of carboxylic acids is 1. The molecule has 8 amide bonds. The second-order valence-corrected chi connectivity index (χ2v) is 13.7. The third-order valence-electron chi connectivity index (χ3n) is 8.75. The number of aromatic amines is 1. The fourth-order valence-corrected chi connectivity index (χ4v) is 5.59. The van der Waals surface area contributed by atoms with E-state index in [0.29, 0.717) is 18.5 Å². The van der Waals surface area contributed by atoms with E-state index in [0.717, 1.165) is 0 Å². The SMILES string of the molecule is CC(C)[C@H](N)C(=O)N1CCC[C@H]1C(=O)N[C@@H](Cc1cnc[nH]1)C(=O)N[C@@H](CO)C(=O)N[C@@H](CCCN=C(N)N)C(=O)N[C@@H](CC(N)=O)C(=O)NCC(=O)NCC(=O)O. The molecule has 1 fully saturated rings. The molecule has 25 heteroatoms. The van der Waals surface area contributed by atoms with E-state index in [9.17, 15) is 48.3 Å². The maximum atomic E-state index is 13.7. The molecule has 17 N–H and O–H groups in total. The average molecular weight is 823 g/mol. The number of aliphatic hydroxyl groups is 1. The molecular formula is C33H54N14O11. The molecular weight excluding hydrogens is 768 g/mol. The Kier molecular flexibility index (Phi) is 19.5. The number of aliphatic carboxylic acids is 1. The van der Waals surface area contributed by atoms with Crippen molar-refractivity contribution in [3.63, 3.8) is 0 Å². The van der Waals surface area contributed by atoms with Gasteiger partial charge in [-0.1, -0.05) is 13.8 Å². The number of aliphatic hydroxyl groups excluding tert-OH is 1. The largest absolute Gasteiger partial charge is 0.480 e. The first kappa shape index (κ1) is 47.8. The Bertz CT molecular complexity index is 1650. The zero-order valence-electron chi connectivity index (χ0n) is 32.2. The number of hydrogen-bond acceptors (Lipinski definition) is 13. The minimum atomic E-state index is -1.70. The quantitative estimate of drug-likeness (QED) is 0.0262. The van der Waals surface area contributed by atoms with Crippen LogP contribution in [0.3, 0.4) is 0 Å². The summed E-state index contributed by atoms with van der Waals surface area (Å²) in [5.41, 5.74) is 22.5. The second kappa shape index (κ2) is 23.6. The van der Waals surface area contributed by atoms with Crippen molar-refractivity contribution < 1.29 is 53.4 Å². The van der Waals surface area contributed by atoms with Crippen LogP contribution in [0.5, 0.6) is 0 Å². The molecule has 0 radical (unpaired) electrons. The van der Waals surface area contributed by atoms with Crippen LogP contribution < -0.4 is 54.8 Å². The van der Waals surface area contributed by atoms with E-state index < -0.39 is 116 Å². The summed E-state index contributed by atoms with van der Waals surface area (Å²) in [5.74, 6) is -8.89. The summed E-state index contributed by atoms with van der Waals surface area (Å²) in [6.07, 6.45) is 2.56. The number of imidazole rings is 1. The molecule has 322 valence electrons. The van der Waals surface area contributed by atoms with E-state index in [2.05, 4.69) is 41.5 Å². The van der Waals surface area contributed by atoms with E-state index in [4.69, 9.17) is 28.0 Å². The Hall–Kier alpha value is -6.37. The van der Waals surface area contributed by atoms with Crippen molar-refractivity contribution in [2.75, 3.05) is 32.8 Å². The van der Waals surface area contributed by atoms with E-state index in [1.165, 1.54) is 17.4 Å². The van der Waals surface area contributed by atoms with Gasteiger partial charge in [-0.05, 0) is 31.6 Å². The molecule has 58 heavy (non-hydrogen) atoms. The number of nitrogens with two attached hydrogens (primary N) is 4. The second-order valence-electron chi connectivity index (χ2n) is 13.7.